The second-order valence-electron chi connectivity index (χ2n) is 5.22. The quantitative estimate of drug-likeness (QED) is 0.745. The van der Waals surface area contributed by atoms with Gasteiger partial charge in [0.15, 0.2) is 0 Å². The molecule has 0 spiro atoms. The first kappa shape index (κ1) is 15.9. The largest absolute Gasteiger partial charge is 0.340 e. The monoisotopic (exact) mass is 340 g/mol. The van der Waals surface area contributed by atoms with Gasteiger partial charge >= 0.3 is 0 Å². The Hall–Kier alpha value is -2.93. The van der Waals surface area contributed by atoms with E-state index in [1.807, 2.05) is 48.5 Å². The maximum atomic E-state index is 11.3. The number of benzene rings is 1. The van der Waals surface area contributed by atoms with Crippen LogP contribution in [0.15, 0.2) is 67.0 Å². The van der Waals surface area contributed by atoms with E-state index < -0.39 is 10.0 Å². The van der Waals surface area contributed by atoms with Gasteiger partial charge in [0.05, 0.1) is 6.26 Å². The second kappa shape index (κ2) is 6.67. The molecule has 0 fully saturated rings. The van der Waals surface area contributed by atoms with E-state index in [0.717, 1.165) is 23.1 Å². The van der Waals surface area contributed by atoms with Crippen molar-refractivity contribution in [3.8, 4) is 11.1 Å². The Kier molecular flexibility index (Phi) is 4.43. The van der Waals surface area contributed by atoms with Gasteiger partial charge in [0.2, 0.25) is 10.0 Å². The molecule has 0 aliphatic rings. The zero-order valence-electron chi connectivity index (χ0n) is 13.0. The number of pyridine rings is 2. The van der Waals surface area contributed by atoms with Crippen LogP contribution in [0.3, 0.4) is 0 Å². The summed E-state index contributed by atoms with van der Waals surface area (Å²) in [5.74, 6) is 0.984. The van der Waals surface area contributed by atoms with Crippen molar-refractivity contribution in [2.45, 2.75) is 0 Å². The molecule has 1 aromatic carbocycles. The molecule has 6 nitrogen and oxygen atoms in total. The Morgan fingerprint density at radius 1 is 0.833 bits per heavy atom. The third-order valence-corrected chi connectivity index (χ3v) is 3.77. The van der Waals surface area contributed by atoms with Crippen LogP contribution in [0.25, 0.3) is 11.1 Å². The summed E-state index contributed by atoms with van der Waals surface area (Å²) < 4.78 is 25.0. The highest BCUT2D eigenvalue weighted by Crippen LogP contribution is 2.24. The molecule has 2 aromatic heterocycles. The number of anilines is 3. The maximum absolute atomic E-state index is 11.3. The van der Waals surface area contributed by atoms with Crippen LogP contribution in [-0.4, -0.2) is 24.6 Å². The van der Waals surface area contributed by atoms with Crippen LogP contribution in [0.5, 0.6) is 0 Å². The molecule has 0 radical (unpaired) electrons. The molecule has 0 saturated heterocycles. The van der Waals surface area contributed by atoms with Crippen molar-refractivity contribution in [2.75, 3.05) is 16.3 Å². The first-order valence-corrected chi connectivity index (χ1v) is 9.11. The lowest BCUT2D eigenvalue weighted by Crippen LogP contribution is -2.10. The van der Waals surface area contributed by atoms with Crippen molar-refractivity contribution in [2.24, 2.45) is 0 Å². The first-order valence-electron chi connectivity index (χ1n) is 7.22. The van der Waals surface area contributed by atoms with Gasteiger partial charge in [0.1, 0.15) is 11.6 Å². The van der Waals surface area contributed by atoms with Crippen molar-refractivity contribution in [3.63, 3.8) is 0 Å². The van der Waals surface area contributed by atoms with Crippen LogP contribution in [0.1, 0.15) is 0 Å². The Labute approximate surface area is 140 Å². The topological polar surface area (TPSA) is 84.0 Å². The highest BCUT2D eigenvalue weighted by molar-refractivity contribution is 7.92. The highest BCUT2D eigenvalue weighted by Gasteiger charge is 2.06. The van der Waals surface area contributed by atoms with Gasteiger partial charge in [-0.25, -0.2) is 18.4 Å². The molecule has 7 heteroatoms. The minimum absolute atomic E-state index is 0.282. The van der Waals surface area contributed by atoms with Crippen LogP contribution in [-0.2, 0) is 10.0 Å². The molecule has 0 bridgehead atoms. The predicted molar refractivity (Wildman–Crippen MR) is 95.7 cm³/mol. The molecular weight excluding hydrogens is 324 g/mol. The van der Waals surface area contributed by atoms with Crippen LogP contribution >= 0.6 is 0 Å². The number of nitrogens with one attached hydrogen (secondary N) is 2. The van der Waals surface area contributed by atoms with E-state index in [1.165, 1.54) is 0 Å². The molecule has 0 amide bonds. The molecule has 3 rings (SSSR count). The average Bonchev–Trinajstić information content (AvgIpc) is 2.55. The summed E-state index contributed by atoms with van der Waals surface area (Å²) in [5, 5.41) is 3.23. The third kappa shape index (κ3) is 4.30. The fourth-order valence-corrected chi connectivity index (χ4v) is 2.70. The lowest BCUT2D eigenvalue weighted by Gasteiger charge is -2.09. The summed E-state index contributed by atoms with van der Waals surface area (Å²) in [7, 11) is -3.36. The van der Waals surface area contributed by atoms with E-state index in [0.29, 0.717) is 5.82 Å². The summed E-state index contributed by atoms with van der Waals surface area (Å²) in [5.41, 5.74) is 2.69. The fourth-order valence-electron chi connectivity index (χ4n) is 2.20. The van der Waals surface area contributed by atoms with Crippen molar-refractivity contribution in [1.29, 1.82) is 0 Å². The Morgan fingerprint density at radius 2 is 1.42 bits per heavy atom. The number of rotatable bonds is 5. The van der Waals surface area contributed by atoms with E-state index in [9.17, 15) is 8.42 Å². The van der Waals surface area contributed by atoms with Crippen LogP contribution < -0.4 is 10.0 Å². The van der Waals surface area contributed by atoms with Gasteiger partial charge in [-0.3, -0.25) is 4.72 Å². The zero-order chi connectivity index (χ0) is 17.0. The molecule has 0 aliphatic carbocycles. The average molecular weight is 340 g/mol. The minimum atomic E-state index is -3.36. The Bertz CT molecular complexity index is 944. The third-order valence-electron chi connectivity index (χ3n) is 3.19. The lowest BCUT2D eigenvalue weighted by atomic mass is 10.1. The standard InChI is InChI=1S/C17H16N4O2S/c1-24(22,23)21-17-12-14(8-10-19-17)13-7-9-18-16(11-13)20-15-5-3-2-4-6-15/h2-12H,1H3,(H,18,20)(H,19,21). The van der Waals surface area contributed by atoms with Crippen LogP contribution in [0.4, 0.5) is 17.3 Å². The van der Waals surface area contributed by atoms with Gasteiger partial charge in [-0.15, -0.1) is 0 Å². The molecule has 0 unspecified atom stereocenters. The summed E-state index contributed by atoms with van der Waals surface area (Å²) >= 11 is 0. The summed E-state index contributed by atoms with van der Waals surface area (Å²) in [6, 6.07) is 17.0. The zero-order valence-corrected chi connectivity index (χ0v) is 13.8. The number of hydrogen-bond donors (Lipinski definition) is 2. The molecule has 3 aromatic rings. The van der Waals surface area contributed by atoms with E-state index >= 15 is 0 Å². The molecule has 24 heavy (non-hydrogen) atoms. The smallest absolute Gasteiger partial charge is 0.230 e. The van der Waals surface area contributed by atoms with Crippen molar-refractivity contribution in [1.82, 2.24) is 9.97 Å². The lowest BCUT2D eigenvalue weighted by molar-refractivity contribution is 0.606. The molecule has 0 atom stereocenters. The SMILES string of the molecule is CS(=O)(=O)Nc1cc(-c2ccnc(Nc3ccccc3)c2)ccn1. The number of nitrogens with zero attached hydrogens (tertiary/aromatic N) is 2. The van der Waals surface area contributed by atoms with Gasteiger partial charge in [0.25, 0.3) is 0 Å². The maximum Gasteiger partial charge on any atom is 0.230 e. The van der Waals surface area contributed by atoms with Crippen molar-refractivity contribution < 1.29 is 8.42 Å². The van der Waals surface area contributed by atoms with Gasteiger partial charge in [-0.2, -0.15) is 0 Å². The van der Waals surface area contributed by atoms with E-state index in [4.69, 9.17) is 0 Å². The van der Waals surface area contributed by atoms with Gasteiger partial charge in [-0.1, -0.05) is 18.2 Å². The second-order valence-corrected chi connectivity index (χ2v) is 6.97. The molecule has 0 saturated carbocycles. The van der Waals surface area contributed by atoms with Gasteiger partial charge in [0, 0.05) is 18.1 Å². The number of sulfonamides is 1. The molecule has 122 valence electrons. The van der Waals surface area contributed by atoms with Gasteiger partial charge in [-0.05, 0) is 47.5 Å². The summed E-state index contributed by atoms with van der Waals surface area (Å²) in [4.78, 5) is 8.32. The Balaban J connectivity index is 1.87. The van der Waals surface area contributed by atoms with E-state index in [2.05, 4.69) is 20.0 Å². The fraction of sp³-hybridized carbons (Fsp3) is 0.0588. The molecule has 2 heterocycles. The van der Waals surface area contributed by atoms with Crippen LogP contribution in [0.2, 0.25) is 0 Å². The van der Waals surface area contributed by atoms with E-state index in [1.54, 1.807) is 18.5 Å². The highest BCUT2D eigenvalue weighted by atomic mass is 32.2. The summed E-state index contributed by atoms with van der Waals surface area (Å²) in [6.45, 7) is 0. The molecule has 0 aliphatic heterocycles. The normalized spacial score (nSPS) is 11.0. The minimum Gasteiger partial charge on any atom is -0.340 e. The summed E-state index contributed by atoms with van der Waals surface area (Å²) in [6.07, 6.45) is 4.36. The first-order chi connectivity index (χ1) is 11.5. The van der Waals surface area contributed by atoms with Crippen molar-refractivity contribution in [3.05, 3.63) is 67.0 Å². The predicted octanol–water partition coefficient (Wildman–Crippen LogP) is 3.26. The Morgan fingerprint density at radius 3 is 2.04 bits per heavy atom. The number of para-hydroxylation sites is 1. The van der Waals surface area contributed by atoms with Crippen LogP contribution in [0, 0.1) is 0 Å². The number of hydrogen-bond acceptors (Lipinski definition) is 5. The van der Waals surface area contributed by atoms with E-state index in [-0.39, 0.29) is 5.82 Å². The van der Waals surface area contributed by atoms with Crippen molar-refractivity contribution >= 4 is 27.3 Å². The molecular formula is C17H16N4O2S. The molecule has 2 N–H and O–H groups in total. The van der Waals surface area contributed by atoms with Gasteiger partial charge < -0.3 is 5.32 Å². The number of aromatic nitrogens is 2.